The van der Waals surface area contributed by atoms with Crippen molar-refractivity contribution in [1.29, 1.82) is 0 Å². The second-order valence-electron chi connectivity index (χ2n) is 6.69. The van der Waals surface area contributed by atoms with E-state index in [1.165, 1.54) is 43.4 Å². The molecule has 0 aliphatic heterocycles. The molecule has 0 radical (unpaired) electrons. The molecule has 3 aromatic rings. The Morgan fingerprint density at radius 3 is 2.77 bits per heavy atom. The average molecular weight is 392 g/mol. The maximum absolute atomic E-state index is 11.4. The molecule has 0 amide bonds. The van der Waals surface area contributed by atoms with Gasteiger partial charge in [0.1, 0.15) is 0 Å². The molecule has 7 nitrogen and oxygen atoms in total. The third kappa shape index (κ3) is 3.99. The van der Waals surface area contributed by atoms with E-state index < -0.39 is 10.0 Å². The summed E-state index contributed by atoms with van der Waals surface area (Å²) in [5, 5.41) is 9.01. The molecule has 1 aliphatic rings. The fourth-order valence-electron chi connectivity index (χ4n) is 3.28. The summed E-state index contributed by atoms with van der Waals surface area (Å²) in [5.41, 5.74) is 2.14. The Morgan fingerprint density at radius 1 is 1.23 bits per heavy atom. The maximum atomic E-state index is 11.4. The van der Waals surface area contributed by atoms with Crippen LogP contribution >= 0.6 is 11.3 Å². The van der Waals surface area contributed by atoms with Crippen LogP contribution in [0.4, 0.5) is 10.8 Å². The molecule has 0 bridgehead atoms. The number of rotatable bonds is 5. The average Bonchev–Trinajstić information content (AvgIpc) is 3.13. The third-order valence-electron chi connectivity index (χ3n) is 4.44. The van der Waals surface area contributed by atoms with Crippen molar-refractivity contribution in [2.24, 2.45) is 0 Å². The number of benzene rings is 1. The summed E-state index contributed by atoms with van der Waals surface area (Å²) in [5.74, 6) is 0. The molecule has 2 N–H and O–H groups in total. The molecule has 2 heterocycles. The maximum Gasteiger partial charge on any atom is 0.229 e. The van der Waals surface area contributed by atoms with E-state index in [0.717, 1.165) is 27.6 Å². The van der Waals surface area contributed by atoms with Crippen LogP contribution in [0.25, 0.3) is 16.2 Å². The number of anilines is 2. The lowest BCUT2D eigenvalue weighted by Gasteiger charge is -2.21. The molecular formula is C17H21N5O2S2. The second-order valence-corrected chi connectivity index (χ2v) is 9.40. The molecule has 1 fully saturated rings. The van der Waals surface area contributed by atoms with Crippen molar-refractivity contribution in [1.82, 2.24) is 14.6 Å². The van der Waals surface area contributed by atoms with Crippen LogP contribution in [0, 0.1) is 0 Å². The first-order valence-electron chi connectivity index (χ1n) is 8.67. The Hall–Kier alpha value is -2.13. The molecule has 1 aliphatic carbocycles. The Balaban J connectivity index is 1.54. The van der Waals surface area contributed by atoms with Gasteiger partial charge in [-0.3, -0.25) is 4.72 Å². The van der Waals surface area contributed by atoms with Gasteiger partial charge in [-0.05, 0) is 25.0 Å². The first-order valence-corrected chi connectivity index (χ1v) is 11.4. The number of hydrogen-bond acceptors (Lipinski definition) is 6. The van der Waals surface area contributed by atoms with Crippen LogP contribution in [0.1, 0.15) is 32.1 Å². The van der Waals surface area contributed by atoms with Crippen molar-refractivity contribution in [3.05, 3.63) is 30.5 Å². The highest BCUT2D eigenvalue weighted by atomic mass is 32.2. The molecule has 9 heteroatoms. The summed E-state index contributed by atoms with van der Waals surface area (Å²) in [7, 11) is -3.30. The quantitative estimate of drug-likeness (QED) is 0.694. The van der Waals surface area contributed by atoms with E-state index >= 15 is 0 Å². The lowest BCUT2D eigenvalue weighted by atomic mass is 9.96. The highest BCUT2D eigenvalue weighted by Gasteiger charge is 2.16. The first-order chi connectivity index (χ1) is 12.5. The molecular weight excluding hydrogens is 370 g/mol. The van der Waals surface area contributed by atoms with Gasteiger partial charge in [0.15, 0.2) is 0 Å². The van der Waals surface area contributed by atoms with Gasteiger partial charge >= 0.3 is 0 Å². The van der Waals surface area contributed by atoms with Crippen LogP contribution in [0.3, 0.4) is 0 Å². The zero-order valence-electron chi connectivity index (χ0n) is 14.5. The highest BCUT2D eigenvalue weighted by Crippen LogP contribution is 2.28. The number of aromatic nitrogens is 3. The summed E-state index contributed by atoms with van der Waals surface area (Å²) in [4.78, 5) is 5.46. The molecule has 1 saturated carbocycles. The van der Waals surface area contributed by atoms with E-state index in [1.54, 1.807) is 22.7 Å². The van der Waals surface area contributed by atoms with Crippen LogP contribution in [0.5, 0.6) is 0 Å². The van der Waals surface area contributed by atoms with E-state index in [4.69, 9.17) is 0 Å². The summed E-state index contributed by atoms with van der Waals surface area (Å²) in [6, 6.07) is 7.71. The minimum absolute atomic E-state index is 0.512. The normalized spacial score (nSPS) is 16.0. The Morgan fingerprint density at radius 2 is 2.04 bits per heavy atom. The van der Waals surface area contributed by atoms with Crippen molar-refractivity contribution in [3.63, 3.8) is 0 Å². The lowest BCUT2D eigenvalue weighted by molar-refractivity contribution is 0.462. The summed E-state index contributed by atoms with van der Waals surface area (Å²) in [6.45, 7) is 0. The lowest BCUT2D eigenvalue weighted by Crippen LogP contribution is -2.22. The van der Waals surface area contributed by atoms with Gasteiger partial charge in [0.25, 0.3) is 0 Å². The van der Waals surface area contributed by atoms with Crippen molar-refractivity contribution in [2.75, 3.05) is 16.3 Å². The molecule has 0 saturated heterocycles. The van der Waals surface area contributed by atoms with E-state index in [2.05, 4.69) is 20.1 Å². The highest BCUT2D eigenvalue weighted by molar-refractivity contribution is 7.92. The number of fused-ring (bicyclic) bond motifs is 1. The first kappa shape index (κ1) is 17.3. The molecule has 0 spiro atoms. The zero-order valence-corrected chi connectivity index (χ0v) is 16.1. The predicted octanol–water partition coefficient (Wildman–Crippen LogP) is 3.57. The largest absolute Gasteiger partial charge is 0.357 e. The Kier molecular flexibility index (Phi) is 4.58. The van der Waals surface area contributed by atoms with E-state index in [9.17, 15) is 8.42 Å². The minimum Gasteiger partial charge on any atom is -0.357 e. The van der Waals surface area contributed by atoms with Gasteiger partial charge in [0.05, 0.1) is 18.1 Å². The van der Waals surface area contributed by atoms with Crippen LogP contribution < -0.4 is 10.0 Å². The second kappa shape index (κ2) is 6.88. The van der Waals surface area contributed by atoms with E-state index in [-0.39, 0.29) is 0 Å². The van der Waals surface area contributed by atoms with Crippen LogP contribution in [-0.4, -0.2) is 35.3 Å². The molecule has 4 rings (SSSR count). The standard InChI is InChI=1S/C17H21N5O2S2/c1-26(23,24)21-14-9-5-6-12(10-14)15-11-22-17(19-15)25-16(20-22)18-13-7-3-2-4-8-13/h5-6,9-11,13,21H,2-4,7-8H2,1H3,(H,18,20). The van der Waals surface area contributed by atoms with Crippen LogP contribution in [0.15, 0.2) is 30.5 Å². The molecule has 2 aromatic heterocycles. The zero-order chi connectivity index (χ0) is 18.1. The predicted molar refractivity (Wildman–Crippen MR) is 105 cm³/mol. The summed E-state index contributed by atoms with van der Waals surface area (Å²) < 4.78 is 27.1. The fraction of sp³-hybridized carbons (Fsp3) is 0.412. The number of hydrogen-bond donors (Lipinski definition) is 2. The van der Waals surface area contributed by atoms with Crippen molar-refractivity contribution >= 4 is 37.1 Å². The molecule has 138 valence electrons. The van der Waals surface area contributed by atoms with Gasteiger partial charge in [-0.15, -0.1) is 5.10 Å². The Bertz CT molecular complexity index is 987. The fourth-order valence-corrected chi connectivity index (χ4v) is 4.69. The van der Waals surface area contributed by atoms with Gasteiger partial charge in [-0.1, -0.05) is 42.7 Å². The minimum atomic E-state index is -3.30. The topological polar surface area (TPSA) is 88.4 Å². The molecule has 0 atom stereocenters. The Labute approximate surface area is 156 Å². The number of nitrogens with one attached hydrogen (secondary N) is 2. The van der Waals surface area contributed by atoms with Crippen LogP contribution in [-0.2, 0) is 10.0 Å². The number of imidazole rings is 1. The summed E-state index contributed by atoms with van der Waals surface area (Å²) in [6.07, 6.45) is 9.30. The third-order valence-corrected chi connectivity index (χ3v) is 5.90. The van der Waals surface area contributed by atoms with Gasteiger partial charge in [-0.2, -0.15) is 0 Å². The van der Waals surface area contributed by atoms with Gasteiger partial charge in [0, 0.05) is 17.3 Å². The summed E-state index contributed by atoms with van der Waals surface area (Å²) >= 11 is 1.54. The van der Waals surface area contributed by atoms with E-state index in [0.29, 0.717) is 11.7 Å². The number of nitrogens with zero attached hydrogens (tertiary/aromatic N) is 3. The monoisotopic (exact) mass is 391 g/mol. The van der Waals surface area contributed by atoms with Gasteiger partial charge in [0.2, 0.25) is 20.1 Å². The van der Waals surface area contributed by atoms with Crippen molar-refractivity contribution < 1.29 is 8.42 Å². The van der Waals surface area contributed by atoms with Crippen molar-refractivity contribution in [2.45, 2.75) is 38.1 Å². The smallest absolute Gasteiger partial charge is 0.229 e. The van der Waals surface area contributed by atoms with E-state index in [1.807, 2.05) is 12.3 Å². The SMILES string of the molecule is CS(=O)(=O)Nc1cccc(-c2cn3nc(NC4CCCCC4)sc3n2)c1. The van der Waals surface area contributed by atoms with Gasteiger partial charge < -0.3 is 5.32 Å². The van der Waals surface area contributed by atoms with Gasteiger partial charge in [-0.25, -0.2) is 17.9 Å². The van der Waals surface area contributed by atoms with Crippen LogP contribution in [0.2, 0.25) is 0 Å². The molecule has 0 unspecified atom stereocenters. The van der Waals surface area contributed by atoms with Crippen molar-refractivity contribution in [3.8, 4) is 11.3 Å². The number of sulfonamides is 1. The molecule has 1 aromatic carbocycles. The molecule has 26 heavy (non-hydrogen) atoms.